The smallest absolute Gasteiger partial charge is 0.328 e. The lowest BCUT2D eigenvalue weighted by atomic mass is 9.66. The molecule has 13 heteroatoms. The van der Waals surface area contributed by atoms with Crippen molar-refractivity contribution in [3.8, 4) is 0 Å². The highest BCUT2D eigenvalue weighted by atomic mass is 19.1. The largest absolute Gasteiger partial charge is 0.372 e. The van der Waals surface area contributed by atoms with Gasteiger partial charge in [-0.2, -0.15) is 0 Å². The Labute approximate surface area is 204 Å². The maximum Gasteiger partial charge on any atom is 0.328 e. The predicted octanol–water partition coefficient (Wildman–Crippen LogP) is -0.0986. The molecule has 0 bridgehead atoms. The van der Waals surface area contributed by atoms with Crippen LogP contribution >= 0.6 is 0 Å². The molecular formula is C23H25FN6O6. The molecule has 190 valence electrons. The van der Waals surface area contributed by atoms with Crippen molar-refractivity contribution in [3.63, 3.8) is 0 Å². The van der Waals surface area contributed by atoms with Crippen molar-refractivity contribution < 1.29 is 32.8 Å². The maximum atomic E-state index is 16.0. The molecule has 5 heterocycles. The van der Waals surface area contributed by atoms with E-state index in [1.807, 2.05) is 18.9 Å². The number of ether oxygens (including phenoxy) is 1. The van der Waals surface area contributed by atoms with E-state index in [-0.39, 0.29) is 47.5 Å². The maximum absolute atomic E-state index is 16.0. The van der Waals surface area contributed by atoms with Crippen LogP contribution in [0.1, 0.15) is 29.9 Å². The van der Waals surface area contributed by atoms with Crippen molar-refractivity contribution in [2.45, 2.75) is 44.6 Å². The molecule has 4 aliphatic heterocycles. The monoisotopic (exact) mass is 500 g/mol. The van der Waals surface area contributed by atoms with Crippen LogP contribution in [-0.2, 0) is 20.7 Å². The number of anilines is 1. The minimum absolute atomic E-state index is 0.0516. The third-order valence-corrected chi connectivity index (χ3v) is 7.58. The molecule has 2 aromatic rings. The summed E-state index contributed by atoms with van der Waals surface area (Å²) >= 11 is 0. The number of barbiturate groups is 1. The molecule has 5 amide bonds. The van der Waals surface area contributed by atoms with Gasteiger partial charge >= 0.3 is 6.03 Å². The van der Waals surface area contributed by atoms with Gasteiger partial charge in [0.1, 0.15) is 0 Å². The predicted molar refractivity (Wildman–Crippen MR) is 122 cm³/mol. The van der Waals surface area contributed by atoms with Gasteiger partial charge in [0, 0.05) is 26.1 Å². The van der Waals surface area contributed by atoms with Gasteiger partial charge in [-0.3, -0.25) is 25.0 Å². The van der Waals surface area contributed by atoms with E-state index in [1.54, 1.807) is 17.9 Å². The highest BCUT2D eigenvalue weighted by Crippen LogP contribution is 2.49. The second-order valence-corrected chi connectivity index (χ2v) is 10.1. The van der Waals surface area contributed by atoms with Gasteiger partial charge in [0.25, 0.3) is 5.91 Å². The van der Waals surface area contributed by atoms with Crippen molar-refractivity contribution >= 4 is 40.4 Å². The summed E-state index contributed by atoms with van der Waals surface area (Å²) < 4.78 is 27.3. The average Bonchev–Trinajstić information content (AvgIpc) is 3.20. The number of carbonyl (C=O) groups excluding carboxylic acids is 4. The van der Waals surface area contributed by atoms with Crippen molar-refractivity contribution in [1.29, 1.82) is 0 Å². The highest BCUT2D eigenvalue weighted by molar-refractivity contribution is 6.20. The molecule has 0 unspecified atom stereocenters. The SMILES string of the molecule is C[C@@H]1CN2c3c(cc4c(C(=O)NC5CN(C)C5)noc4c3F)CC3(C(=O)NC(=O)NC3=O)[C@H]2[C@H](C)O1. The lowest BCUT2D eigenvalue weighted by molar-refractivity contribution is -0.153. The third kappa shape index (κ3) is 3.08. The van der Waals surface area contributed by atoms with Crippen molar-refractivity contribution in [2.24, 2.45) is 5.41 Å². The number of morpholine rings is 1. The lowest BCUT2D eigenvalue weighted by Gasteiger charge is -2.55. The van der Waals surface area contributed by atoms with Crippen molar-refractivity contribution in [3.05, 3.63) is 23.1 Å². The number of aromatic nitrogens is 1. The van der Waals surface area contributed by atoms with Crippen molar-refractivity contribution in [1.82, 2.24) is 26.0 Å². The molecule has 1 spiro atoms. The van der Waals surface area contributed by atoms with Crippen LogP contribution < -0.4 is 20.9 Å². The molecule has 3 saturated heterocycles. The van der Waals surface area contributed by atoms with Crippen LogP contribution in [0.5, 0.6) is 0 Å². The molecule has 3 fully saturated rings. The molecule has 6 rings (SSSR count). The van der Waals surface area contributed by atoms with Crippen LogP contribution in [0.2, 0.25) is 0 Å². The van der Waals surface area contributed by atoms with E-state index in [0.717, 1.165) is 0 Å². The van der Waals surface area contributed by atoms with E-state index in [9.17, 15) is 19.2 Å². The van der Waals surface area contributed by atoms with Gasteiger partial charge in [0.2, 0.25) is 17.4 Å². The zero-order valence-electron chi connectivity index (χ0n) is 19.9. The number of hydrogen-bond donors (Lipinski definition) is 3. The first-order valence-electron chi connectivity index (χ1n) is 11.8. The number of carbonyl (C=O) groups is 4. The number of hydrogen-bond acceptors (Lipinski definition) is 9. The first-order valence-corrected chi connectivity index (χ1v) is 11.8. The second kappa shape index (κ2) is 7.71. The Hall–Kier alpha value is -3.58. The summed E-state index contributed by atoms with van der Waals surface area (Å²) in [6.45, 7) is 5.08. The molecule has 0 saturated carbocycles. The summed E-state index contributed by atoms with van der Waals surface area (Å²) in [7, 11) is 1.93. The van der Waals surface area contributed by atoms with Crippen LogP contribution in [-0.4, -0.2) is 84.8 Å². The number of nitrogens with zero attached hydrogens (tertiary/aromatic N) is 3. The third-order valence-electron chi connectivity index (χ3n) is 7.58. The fourth-order valence-electron chi connectivity index (χ4n) is 6.16. The minimum Gasteiger partial charge on any atom is -0.372 e. The average molecular weight is 500 g/mol. The van der Waals surface area contributed by atoms with Gasteiger partial charge in [0.15, 0.2) is 16.9 Å². The number of imide groups is 2. The number of likely N-dealkylation sites (N-methyl/N-ethyl adjacent to an activating group) is 1. The standard InChI is InChI=1S/C23H25FN6O6/c1-9-6-30-16-11(5-23(18(30)10(2)35-9)20(32)26-22(34)27-21(23)33)4-13-15(28-36-17(13)14(16)24)19(31)25-12-7-29(3)8-12/h4,9-10,12,18H,5-8H2,1-3H3,(H,25,31)(H2,26,27,32,33,34)/t9-,10+,18-/m1/s1. The van der Waals surface area contributed by atoms with E-state index >= 15 is 4.39 Å². The van der Waals surface area contributed by atoms with Gasteiger partial charge in [-0.25, -0.2) is 9.18 Å². The molecule has 3 N–H and O–H groups in total. The molecule has 3 atom stereocenters. The van der Waals surface area contributed by atoms with Gasteiger partial charge in [-0.05, 0) is 32.5 Å². The molecule has 36 heavy (non-hydrogen) atoms. The Balaban J connectivity index is 1.49. The molecule has 1 aromatic carbocycles. The zero-order valence-corrected chi connectivity index (χ0v) is 19.9. The molecule has 4 aliphatic rings. The number of urea groups is 1. The number of fused-ring (bicyclic) bond motifs is 5. The van der Waals surface area contributed by atoms with E-state index in [0.29, 0.717) is 18.7 Å². The summed E-state index contributed by atoms with van der Waals surface area (Å²) in [5, 5.41) is 11.2. The summed E-state index contributed by atoms with van der Waals surface area (Å²) in [5.74, 6) is -2.78. The van der Waals surface area contributed by atoms with Crippen molar-refractivity contribution in [2.75, 3.05) is 31.6 Å². The first-order chi connectivity index (χ1) is 17.1. The van der Waals surface area contributed by atoms with Crippen LogP contribution in [0, 0.1) is 11.2 Å². The van der Waals surface area contributed by atoms with E-state index in [2.05, 4.69) is 21.1 Å². The molecule has 1 aromatic heterocycles. The van der Waals surface area contributed by atoms with Gasteiger partial charge < -0.3 is 24.4 Å². The van der Waals surface area contributed by atoms with E-state index < -0.39 is 47.1 Å². The summed E-state index contributed by atoms with van der Waals surface area (Å²) in [4.78, 5) is 55.0. The zero-order chi connectivity index (χ0) is 25.5. The summed E-state index contributed by atoms with van der Waals surface area (Å²) in [6.07, 6.45) is -1.18. The quantitative estimate of drug-likeness (QED) is 0.481. The highest BCUT2D eigenvalue weighted by Gasteiger charge is 2.63. The Kier molecular flexibility index (Phi) is 4.89. The fourth-order valence-corrected chi connectivity index (χ4v) is 6.16. The number of halogens is 1. The molecule has 0 radical (unpaired) electrons. The van der Waals surface area contributed by atoms with Gasteiger partial charge in [-0.1, -0.05) is 5.16 Å². The summed E-state index contributed by atoms with van der Waals surface area (Å²) in [5.41, 5.74) is -1.51. The Morgan fingerprint density at radius 2 is 1.89 bits per heavy atom. The van der Waals surface area contributed by atoms with Crippen LogP contribution in [0.3, 0.4) is 0 Å². The van der Waals surface area contributed by atoms with Gasteiger partial charge in [0.05, 0.1) is 35.4 Å². The topological polar surface area (TPSA) is 146 Å². The Morgan fingerprint density at radius 1 is 1.19 bits per heavy atom. The lowest BCUT2D eigenvalue weighted by Crippen LogP contribution is -2.75. The molecular weight excluding hydrogens is 475 g/mol. The fraction of sp³-hybridized carbons (Fsp3) is 0.522. The minimum atomic E-state index is -1.75. The summed E-state index contributed by atoms with van der Waals surface area (Å²) in [6, 6.07) is -0.301. The Bertz CT molecular complexity index is 1320. The van der Waals surface area contributed by atoms with E-state index in [1.165, 1.54) is 0 Å². The van der Waals surface area contributed by atoms with Gasteiger partial charge in [-0.15, -0.1) is 0 Å². The first kappa shape index (κ1) is 22.9. The molecule has 0 aliphatic carbocycles. The Morgan fingerprint density at radius 3 is 2.56 bits per heavy atom. The number of benzene rings is 1. The number of rotatable bonds is 2. The van der Waals surface area contributed by atoms with Crippen LogP contribution in [0.4, 0.5) is 14.9 Å². The number of likely N-dealkylation sites (tertiary alicyclic amines) is 1. The van der Waals surface area contributed by atoms with Crippen LogP contribution in [0.25, 0.3) is 11.0 Å². The normalized spacial score (nSPS) is 27.8. The second-order valence-electron chi connectivity index (χ2n) is 10.1. The number of amides is 5. The number of nitrogens with one attached hydrogen (secondary N) is 3. The molecule has 12 nitrogen and oxygen atoms in total. The van der Waals surface area contributed by atoms with Crippen LogP contribution in [0.15, 0.2) is 10.6 Å². The van der Waals surface area contributed by atoms with E-state index in [4.69, 9.17) is 9.26 Å².